The molecule has 0 radical (unpaired) electrons. The molecule has 0 saturated heterocycles. The molecule has 0 unspecified atom stereocenters. The van der Waals surface area contributed by atoms with E-state index >= 15 is 0 Å². The summed E-state index contributed by atoms with van der Waals surface area (Å²) in [5.74, 6) is 3.45. The lowest BCUT2D eigenvalue weighted by atomic mass is 10.1. The molecule has 2 aromatic carbocycles. The Kier molecular flexibility index (Phi) is 8.18. The number of rotatable bonds is 9. The quantitative estimate of drug-likeness (QED) is 0.617. The van der Waals surface area contributed by atoms with Crippen molar-refractivity contribution in [2.45, 2.75) is 12.5 Å². The van der Waals surface area contributed by atoms with E-state index in [1.807, 2.05) is 42.5 Å². The van der Waals surface area contributed by atoms with Crippen molar-refractivity contribution in [2.24, 2.45) is 0 Å². The Morgan fingerprint density at radius 2 is 1.93 bits per heavy atom. The third-order valence-electron chi connectivity index (χ3n) is 3.90. The zero-order chi connectivity index (χ0) is 19.6. The van der Waals surface area contributed by atoms with E-state index in [2.05, 4.69) is 27.2 Å². The Morgan fingerprint density at radius 3 is 2.56 bits per heavy atom. The smallest absolute Gasteiger partial charge is 0.253 e. The largest absolute Gasteiger partial charge is 0.493 e. The zero-order valence-electron chi connectivity index (χ0n) is 15.3. The van der Waals surface area contributed by atoms with Gasteiger partial charge in [0.2, 0.25) is 0 Å². The molecule has 142 valence electrons. The Balaban J connectivity index is 1.93. The van der Waals surface area contributed by atoms with E-state index in [1.54, 1.807) is 7.11 Å². The molecule has 1 amide bonds. The average Bonchev–Trinajstić information content (AvgIpc) is 2.68. The highest BCUT2D eigenvalue weighted by Crippen LogP contribution is 2.28. The SMILES string of the molecule is C#CCOc1ccc(CCNC(=O)[C@@H](OC)c2ccc(Br)cc2)cc1OC. The molecule has 0 spiro atoms. The van der Waals surface area contributed by atoms with E-state index in [0.717, 1.165) is 15.6 Å². The predicted octanol–water partition coefficient (Wildman–Crippen LogP) is 3.52. The van der Waals surface area contributed by atoms with Gasteiger partial charge in [0.05, 0.1) is 7.11 Å². The molecule has 27 heavy (non-hydrogen) atoms. The molecular weight excluding hydrogens is 410 g/mol. The maximum atomic E-state index is 12.4. The number of carbonyl (C=O) groups is 1. The molecule has 0 aliphatic rings. The van der Waals surface area contributed by atoms with Gasteiger partial charge in [0.25, 0.3) is 5.91 Å². The Hall–Kier alpha value is -2.49. The van der Waals surface area contributed by atoms with Gasteiger partial charge in [-0.25, -0.2) is 0 Å². The number of halogens is 1. The van der Waals surface area contributed by atoms with Gasteiger partial charge in [-0.05, 0) is 41.8 Å². The van der Waals surface area contributed by atoms with Crippen LogP contribution in [0, 0.1) is 12.3 Å². The number of ether oxygens (including phenoxy) is 3. The number of nitrogens with one attached hydrogen (secondary N) is 1. The van der Waals surface area contributed by atoms with Gasteiger partial charge in [-0.1, -0.05) is 40.0 Å². The van der Waals surface area contributed by atoms with Crippen LogP contribution >= 0.6 is 15.9 Å². The second kappa shape index (κ2) is 10.6. The first-order valence-electron chi connectivity index (χ1n) is 8.38. The Bertz CT molecular complexity index is 799. The molecule has 0 aliphatic heterocycles. The first-order chi connectivity index (χ1) is 13.1. The van der Waals surface area contributed by atoms with Crippen LogP contribution in [0.15, 0.2) is 46.9 Å². The van der Waals surface area contributed by atoms with E-state index in [4.69, 9.17) is 20.6 Å². The Morgan fingerprint density at radius 1 is 1.19 bits per heavy atom. The van der Waals surface area contributed by atoms with E-state index in [9.17, 15) is 4.79 Å². The molecular formula is C21H22BrNO4. The molecule has 0 saturated carbocycles. The van der Waals surface area contributed by atoms with Crippen LogP contribution in [0.25, 0.3) is 0 Å². The van der Waals surface area contributed by atoms with Crippen LogP contribution in [0.5, 0.6) is 11.5 Å². The average molecular weight is 432 g/mol. The highest BCUT2D eigenvalue weighted by atomic mass is 79.9. The molecule has 1 N–H and O–H groups in total. The summed E-state index contributed by atoms with van der Waals surface area (Å²) in [5, 5.41) is 2.91. The van der Waals surface area contributed by atoms with Crippen molar-refractivity contribution in [1.82, 2.24) is 5.32 Å². The van der Waals surface area contributed by atoms with Gasteiger partial charge in [0.15, 0.2) is 17.6 Å². The summed E-state index contributed by atoms with van der Waals surface area (Å²) in [4.78, 5) is 12.4. The van der Waals surface area contributed by atoms with Crippen LogP contribution in [-0.2, 0) is 16.0 Å². The summed E-state index contributed by atoms with van der Waals surface area (Å²) >= 11 is 3.38. The van der Waals surface area contributed by atoms with Crippen LogP contribution in [0.3, 0.4) is 0 Å². The molecule has 0 aliphatic carbocycles. The molecule has 2 rings (SSSR count). The van der Waals surface area contributed by atoms with Gasteiger partial charge in [-0.15, -0.1) is 6.42 Å². The van der Waals surface area contributed by atoms with Crippen molar-refractivity contribution in [3.63, 3.8) is 0 Å². The van der Waals surface area contributed by atoms with Crippen molar-refractivity contribution in [3.8, 4) is 23.8 Å². The lowest BCUT2D eigenvalue weighted by Crippen LogP contribution is -2.31. The van der Waals surface area contributed by atoms with Crippen LogP contribution in [0.4, 0.5) is 0 Å². The van der Waals surface area contributed by atoms with Gasteiger partial charge < -0.3 is 19.5 Å². The van der Waals surface area contributed by atoms with Crippen LogP contribution in [0.2, 0.25) is 0 Å². The normalized spacial score (nSPS) is 11.3. The van der Waals surface area contributed by atoms with E-state index in [-0.39, 0.29) is 12.5 Å². The first-order valence-corrected chi connectivity index (χ1v) is 9.17. The molecule has 0 heterocycles. The number of benzene rings is 2. The molecule has 0 aromatic heterocycles. The number of hydrogen-bond acceptors (Lipinski definition) is 4. The monoisotopic (exact) mass is 431 g/mol. The van der Waals surface area contributed by atoms with E-state index in [0.29, 0.717) is 24.5 Å². The minimum absolute atomic E-state index is 0.180. The standard InChI is InChI=1S/C21H22BrNO4/c1-4-13-27-18-10-5-15(14-19(18)25-2)11-12-23-21(24)20(26-3)16-6-8-17(22)9-7-16/h1,5-10,14,20H,11-13H2,2-3H3,(H,23,24)/t20-/m0/s1. The zero-order valence-corrected chi connectivity index (χ0v) is 16.9. The molecule has 1 atom stereocenters. The molecule has 6 heteroatoms. The van der Waals surface area contributed by atoms with Crippen molar-refractivity contribution in [1.29, 1.82) is 0 Å². The highest BCUT2D eigenvalue weighted by molar-refractivity contribution is 9.10. The topological polar surface area (TPSA) is 56.8 Å². The van der Waals surface area contributed by atoms with Crippen LogP contribution in [-0.4, -0.2) is 33.3 Å². The second-order valence-corrected chi connectivity index (χ2v) is 6.60. The maximum Gasteiger partial charge on any atom is 0.253 e. The predicted molar refractivity (Wildman–Crippen MR) is 108 cm³/mol. The third kappa shape index (κ3) is 6.02. The number of carbonyl (C=O) groups excluding carboxylic acids is 1. The summed E-state index contributed by atoms with van der Waals surface area (Å²) < 4.78 is 17.1. The van der Waals surface area contributed by atoms with Gasteiger partial charge in [-0.2, -0.15) is 0 Å². The van der Waals surface area contributed by atoms with E-state index in [1.165, 1.54) is 7.11 Å². The lowest BCUT2D eigenvalue weighted by molar-refractivity contribution is -0.131. The fourth-order valence-electron chi connectivity index (χ4n) is 2.56. The first kappa shape index (κ1) is 20.8. The summed E-state index contributed by atoms with van der Waals surface area (Å²) in [6.45, 7) is 0.656. The summed E-state index contributed by atoms with van der Waals surface area (Å²) in [6, 6.07) is 13.1. The summed E-state index contributed by atoms with van der Waals surface area (Å²) in [5.41, 5.74) is 1.81. The second-order valence-electron chi connectivity index (χ2n) is 5.69. The molecule has 0 fully saturated rings. The summed E-state index contributed by atoms with van der Waals surface area (Å²) in [6.07, 6.45) is 5.21. The summed E-state index contributed by atoms with van der Waals surface area (Å²) in [7, 11) is 3.09. The minimum atomic E-state index is -0.646. The van der Waals surface area contributed by atoms with Crippen LogP contribution in [0.1, 0.15) is 17.2 Å². The number of amides is 1. The molecule has 2 aromatic rings. The fourth-order valence-corrected chi connectivity index (χ4v) is 2.83. The van der Waals surface area contributed by atoms with Gasteiger partial charge in [0.1, 0.15) is 6.61 Å². The highest BCUT2D eigenvalue weighted by Gasteiger charge is 2.19. The molecule has 5 nitrogen and oxygen atoms in total. The van der Waals surface area contributed by atoms with Crippen molar-refractivity contribution < 1.29 is 19.0 Å². The number of methoxy groups -OCH3 is 2. The third-order valence-corrected chi connectivity index (χ3v) is 4.43. The van der Waals surface area contributed by atoms with Crippen molar-refractivity contribution in [2.75, 3.05) is 27.4 Å². The van der Waals surface area contributed by atoms with Gasteiger partial charge in [-0.3, -0.25) is 4.79 Å². The Labute approximate surface area is 168 Å². The maximum absolute atomic E-state index is 12.4. The number of hydrogen-bond donors (Lipinski definition) is 1. The number of terminal acetylenes is 1. The fraction of sp³-hybridized carbons (Fsp3) is 0.286. The van der Waals surface area contributed by atoms with Gasteiger partial charge >= 0.3 is 0 Å². The minimum Gasteiger partial charge on any atom is -0.493 e. The lowest BCUT2D eigenvalue weighted by Gasteiger charge is -2.16. The van der Waals surface area contributed by atoms with Crippen LogP contribution < -0.4 is 14.8 Å². The van der Waals surface area contributed by atoms with Crippen molar-refractivity contribution >= 4 is 21.8 Å². The van der Waals surface area contributed by atoms with E-state index < -0.39 is 6.10 Å². The van der Waals surface area contributed by atoms with Crippen molar-refractivity contribution in [3.05, 3.63) is 58.1 Å². The van der Waals surface area contributed by atoms with Gasteiger partial charge in [0, 0.05) is 18.1 Å². The molecule has 0 bridgehead atoms.